The maximum atomic E-state index is 12.8. The van der Waals surface area contributed by atoms with E-state index in [2.05, 4.69) is 0 Å². The molecule has 10 nitrogen and oxygen atoms in total. The molecule has 5 N–H and O–H groups in total. The SMILES string of the molecule is Cc1cc(O)cc(O)c1C(=O)O[C@@H]1CC2=C(CO[C@@](O)(CCC(=O)O)C2)C(=O)[C@]1(C)O. The summed E-state index contributed by atoms with van der Waals surface area (Å²) in [5.74, 6) is -5.39. The van der Waals surface area contributed by atoms with Crippen molar-refractivity contribution in [2.75, 3.05) is 6.61 Å². The quantitative estimate of drug-likeness (QED) is 0.418. The van der Waals surface area contributed by atoms with Crippen molar-refractivity contribution < 1.29 is 49.4 Å². The fourth-order valence-electron chi connectivity index (χ4n) is 3.92. The molecule has 2 aliphatic rings. The Labute approximate surface area is 177 Å². The first-order chi connectivity index (χ1) is 14.3. The molecule has 3 atom stereocenters. The zero-order chi connectivity index (χ0) is 23.1. The van der Waals surface area contributed by atoms with E-state index in [1.54, 1.807) is 0 Å². The van der Waals surface area contributed by atoms with E-state index in [1.807, 2.05) is 0 Å². The molecule has 0 bridgehead atoms. The number of carboxylic acid groups (broad SMARTS) is 1. The Morgan fingerprint density at radius 1 is 1.26 bits per heavy atom. The number of ether oxygens (including phenoxy) is 2. The Hall–Kier alpha value is -2.95. The Morgan fingerprint density at radius 3 is 2.55 bits per heavy atom. The van der Waals surface area contributed by atoms with Crippen molar-refractivity contribution in [2.45, 2.75) is 57.0 Å². The van der Waals surface area contributed by atoms with Crippen LogP contribution in [0.15, 0.2) is 23.3 Å². The van der Waals surface area contributed by atoms with Crippen molar-refractivity contribution in [3.05, 3.63) is 34.4 Å². The molecule has 0 fully saturated rings. The van der Waals surface area contributed by atoms with E-state index in [4.69, 9.17) is 14.6 Å². The van der Waals surface area contributed by atoms with Gasteiger partial charge in [0.15, 0.2) is 17.2 Å². The molecular formula is C21H24O10. The number of ketones is 1. The van der Waals surface area contributed by atoms with Gasteiger partial charge in [-0.3, -0.25) is 9.59 Å². The van der Waals surface area contributed by atoms with Gasteiger partial charge in [0.1, 0.15) is 23.2 Å². The molecule has 0 saturated heterocycles. The second-order valence-electron chi connectivity index (χ2n) is 8.12. The Morgan fingerprint density at radius 2 is 1.94 bits per heavy atom. The summed E-state index contributed by atoms with van der Waals surface area (Å²) in [5.41, 5.74) is -1.50. The number of carboxylic acids is 1. The highest BCUT2D eigenvalue weighted by atomic mass is 16.6. The number of aliphatic hydroxyl groups is 2. The van der Waals surface area contributed by atoms with Gasteiger partial charge in [0.05, 0.1) is 13.0 Å². The van der Waals surface area contributed by atoms with Gasteiger partial charge in [-0.15, -0.1) is 0 Å². The van der Waals surface area contributed by atoms with Crippen molar-refractivity contribution in [1.82, 2.24) is 0 Å². The van der Waals surface area contributed by atoms with Gasteiger partial charge < -0.3 is 35.0 Å². The Balaban J connectivity index is 1.85. The van der Waals surface area contributed by atoms with Gasteiger partial charge in [0, 0.05) is 30.9 Å². The van der Waals surface area contributed by atoms with Crippen LogP contribution in [-0.4, -0.2) is 67.4 Å². The van der Waals surface area contributed by atoms with Crippen LogP contribution < -0.4 is 0 Å². The van der Waals surface area contributed by atoms with Crippen LogP contribution in [-0.2, 0) is 19.1 Å². The predicted octanol–water partition coefficient (Wildman–Crippen LogP) is 0.926. The summed E-state index contributed by atoms with van der Waals surface area (Å²) in [7, 11) is 0. The maximum Gasteiger partial charge on any atom is 0.342 e. The number of hydrogen-bond donors (Lipinski definition) is 5. The fraction of sp³-hybridized carbons (Fsp3) is 0.476. The number of esters is 1. The maximum absolute atomic E-state index is 12.8. The van der Waals surface area contributed by atoms with Gasteiger partial charge in [-0.05, 0) is 25.5 Å². The van der Waals surface area contributed by atoms with Crippen LogP contribution in [0.4, 0.5) is 0 Å². The number of hydrogen-bond acceptors (Lipinski definition) is 9. The van der Waals surface area contributed by atoms with Crippen LogP contribution in [0.25, 0.3) is 0 Å². The first kappa shape index (κ1) is 22.7. The fourth-order valence-corrected chi connectivity index (χ4v) is 3.92. The molecule has 1 aliphatic heterocycles. The first-order valence-electron chi connectivity index (χ1n) is 9.64. The topological polar surface area (TPSA) is 171 Å². The van der Waals surface area contributed by atoms with Crippen LogP contribution in [0.3, 0.4) is 0 Å². The molecule has 0 amide bonds. The number of aryl methyl sites for hydroxylation is 1. The average Bonchev–Trinajstić information content (AvgIpc) is 2.64. The lowest BCUT2D eigenvalue weighted by atomic mass is 9.75. The molecule has 0 aromatic heterocycles. The summed E-state index contributed by atoms with van der Waals surface area (Å²) in [6.45, 7) is 2.37. The molecule has 1 heterocycles. The lowest BCUT2D eigenvalue weighted by Crippen LogP contribution is -2.55. The molecule has 1 aromatic carbocycles. The van der Waals surface area contributed by atoms with Gasteiger partial charge in [-0.25, -0.2) is 4.79 Å². The van der Waals surface area contributed by atoms with Gasteiger partial charge in [0.25, 0.3) is 0 Å². The van der Waals surface area contributed by atoms with Crippen LogP contribution in [0, 0.1) is 6.92 Å². The zero-order valence-electron chi connectivity index (χ0n) is 17.0. The summed E-state index contributed by atoms with van der Waals surface area (Å²) < 4.78 is 10.7. The molecule has 3 rings (SSSR count). The van der Waals surface area contributed by atoms with Crippen molar-refractivity contribution >= 4 is 17.7 Å². The molecule has 0 radical (unpaired) electrons. The molecule has 1 aromatic rings. The molecular weight excluding hydrogens is 412 g/mol. The molecule has 0 unspecified atom stereocenters. The number of aliphatic carboxylic acids is 1. The van der Waals surface area contributed by atoms with E-state index >= 15 is 0 Å². The predicted molar refractivity (Wildman–Crippen MR) is 103 cm³/mol. The highest BCUT2D eigenvalue weighted by Gasteiger charge is 2.51. The summed E-state index contributed by atoms with van der Waals surface area (Å²) in [6.07, 6.45) is -2.12. The third-order valence-electron chi connectivity index (χ3n) is 5.68. The minimum absolute atomic E-state index is 0.0869. The normalized spacial score (nSPS) is 28.3. The third-order valence-corrected chi connectivity index (χ3v) is 5.68. The summed E-state index contributed by atoms with van der Waals surface area (Å²) in [5, 5.41) is 49.7. The van der Waals surface area contributed by atoms with Gasteiger partial charge in [-0.1, -0.05) is 5.57 Å². The van der Waals surface area contributed by atoms with Crippen molar-refractivity contribution in [3.63, 3.8) is 0 Å². The van der Waals surface area contributed by atoms with E-state index in [0.717, 1.165) is 6.07 Å². The van der Waals surface area contributed by atoms with Crippen molar-refractivity contribution in [1.29, 1.82) is 0 Å². The molecule has 0 saturated carbocycles. The van der Waals surface area contributed by atoms with Gasteiger partial charge in [0.2, 0.25) is 0 Å². The second kappa shape index (κ2) is 7.95. The minimum atomic E-state index is -2.07. The molecule has 10 heteroatoms. The molecule has 31 heavy (non-hydrogen) atoms. The average molecular weight is 436 g/mol. The smallest absolute Gasteiger partial charge is 0.342 e. The standard InChI is InChI=1S/C21H24O10/c1-10-5-12(22)7-14(23)17(10)19(27)31-15-6-11-8-21(29,4-3-16(24)25)30-9-13(11)18(26)20(15,2)28/h5,7,15,22-23,28-29H,3-4,6,8-9H2,1-2H3,(H,24,25)/t15-,20-,21+/m1/s1. The Bertz CT molecular complexity index is 953. The summed E-state index contributed by atoms with van der Waals surface area (Å²) in [4.78, 5) is 36.3. The Kier molecular flexibility index (Phi) is 5.83. The van der Waals surface area contributed by atoms with Crippen molar-refractivity contribution in [3.8, 4) is 11.5 Å². The lowest BCUT2D eigenvalue weighted by Gasteiger charge is -2.42. The zero-order valence-corrected chi connectivity index (χ0v) is 17.0. The molecule has 0 spiro atoms. The van der Waals surface area contributed by atoms with Crippen LogP contribution in [0.2, 0.25) is 0 Å². The number of Topliss-reactive ketones (excluding diaryl/α,β-unsaturated/α-hetero) is 1. The number of rotatable bonds is 5. The number of carbonyl (C=O) groups is 3. The van der Waals surface area contributed by atoms with Crippen LogP contribution >= 0.6 is 0 Å². The first-order valence-corrected chi connectivity index (χ1v) is 9.64. The monoisotopic (exact) mass is 436 g/mol. The van der Waals surface area contributed by atoms with Crippen molar-refractivity contribution in [2.24, 2.45) is 0 Å². The molecule has 1 aliphatic carbocycles. The van der Waals surface area contributed by atoms with E-state index in [9.17, 15) is 34.8 Å². The van der Waals surface area contributed by atoms with E-state index in [0.29, 0.717) is 5.57 Å². The van der Waals surface area contributed by atoms with E-state index in [1.165, 1.54) is 19.9 Å². The number of carbonyl (C=O) groups excluding carboxylic acids is 2. The van der Waals surface area contributed by atoms with Gasteiger partial charge in [-0.2, -0.15) is 0 Å². The summed E-state index contributed by atoms with van der Waals surface area (Å²) >= 11 is 0. The number of phenols is 2. The third kappa shape index (κ3) is 4.41. The number of benzene rings is 1. The van der Waals surface area contributed by atoms with E-state index in [-0.39, 0.29) is 54.7 Å². The number of phenolic OH excluding ortho intramolecular Hbond substituents is 2. The lowest BCUT2D eigenvalue weighted by molar-refractivity contribution is -0.213. The minimum Gasteiger partial charge on any atom is -0.508 e. The highest BCUT2D eigenvalue weighted by Crippen LogP contribution is 2.41. The summed E-state index contributed by atoms with van der Waals surface area (Å²) in [6, 6.07) is 2.22. The number of aromatic hydroxyl groups is 2. The van der Waals surface area contributed by atoms with Crippen LogP contribution in [0.1, 0.15) is 48.5 Å². The molecule has 168 valence electrons. The second-order valence-corrected chi connectivity index (χ2v) is 8.12. The highest BCUT2D eigenvalue weighted by molar-refractivity contribution is 6.04. The van der Waals surface area contributed by atoms with E-state index < -0.39 is 41.0 Å². The largest absolute Gasteiger partial charge is 0.508 e. The van der Waals surface area contributed by atoms with Gasteiger partial charge >= 0.3 is 11.9 Å². The van der Waals surface area contributed by atoms with Crippen LogP contribution in [0.5, 0.6) is 11.5 Å².